The summed E-state index contributed by atoms with van der Waals surface area (Å²) >= 11 is 0. The smallest absolute Gasteiger partial charge is 0.245 e. The molecule has 0 spiro atoms. The van der Waals surface area contributed by atoms with Gasteiger partial charge in [0.25, 0.3) is 0 Å². The molecular weight excluding hydrogens is 378 g/mol. The number of phenolic OH excluding ortho intramolecular Hbond substituents is 1. The molecule has 1 atom stereocenters. The van der Waals surface area contributed by atoms with Crippen LogP contribution in [0.2, 0.25) is 0 Å². The SMILES string of the molecule is Cc1cc(O)cc(C)c1C[C@@H](N)C(=O)NC(C)(C)C(=O)NCCCc1ccccc1. The van der Waals surface area contributed by atoms with Gasteiger partial charge in [0, 0.05) is 6.54 Å². The summed E-state index contributed by atoms with van der Waals surface area (Å²) in [5, 5.41) is 15.3. The number of nitrogens with two attached hydrogens (primary N) is 1. The first-order valence-electron chi connectivity index (χ1n) is 10.3. The van der Waals surface area contributed by atoms with Crippen LogP contribution in [0.15, 0.2) is 42.5 Å². The van der Waals surface area contributed by atoms with Crippen LogP contribution in [0.1, 0.15) is 42.5 Å². The first-order valence-corrected chi connectivity index (χ1v) is 10.3. The number of hydrogen-bond donors (Lipinski definition) is 4. The summed E-state index contributed by atoms with van der Waals surface area (Å²) < 4.78 is 0. The van der Waals surface area contributed by atoms with Crippen molar-refractivity contribution in [1.82, 2.24) is 10.6 Å². The van der Waals surface area contributed by atoms with Crippen LogP contribution in [0.25, 0.3) is 0 Å². The Morgan fingerprint density at radius 2 is 1.70 bits per heavy atom. The van der Waals surface area contributed by atoms with Crippen molar-refractivity contribution < 1.29 is 14.7 Å². The lowest BCUT2D eigenvalue weighted by molar-refractivity contribution is -0.132. The summed E-state index contributed by atoms with van der Waals surface area (Å²) in [4.78, 5) is 25.2. The van der Waals surface area contributed by atoms with Crippen LogP contribution in [0, 0.1) is 13.8 Å². The van der Waals surface area contributed by atoms with Crippen LogP contribution in [0.5, 0.6) is 5.75 Å². The Morgan fingerprint density at radius 3 is 2.30 bits per heavy atom. The lowest BCUT2D eigenvalue weighted by atomic mass is 9.95. The van der Waals surface area contributed by atoms with E-state index in [1.54, 1.807) is 26.0 Å². The van der Waals surface area contributed by atoms with Crippen molar-refractivity contribution in [3.05, 3.63) is 64.7 Å². The van der Waals surface area contributed by atoms with Crippen LogP contribution in [-0.4, -0.2) is 35.0 Å². The van der Waals surface area contributed by atoms with E-state index in [2.05, 4.69) is 22.8 Å². The maximum Gasteiger partial charge on any atom is 0.245 e. The molecular formula is C24H33N3O3. The molecule has 2 amide bonds. The van der Waals surface area contributed by atoms with E-state index in [1.807, 2.05) is 32.0 Å². The average Bonchev–Trinajstić information content (AvgIpc) is 2.68. The number of aryl methyl sites for hydroxylation is 3. The van der Waals surface area contributed by atoms with Gasteiger partial charge in [-0.2, -0.15) is 0 Å². The number of amides is 2. The molecule has 5 N–H and O–H groups in total. The molecule has 0 bridgehead atoms. The average molecular weight is 412 g/mol. The molecule has 0 saturated carbocycles. The minimum atomic E-state index is -1.07. The van der Waals surface area contributed by atoms with Gasteiger partial charge in [-0.25, -0.2) is 0 Å². The Balaban J connectivity index is 1.85. The van der Waals surface area contributed by atoms with Crippen LogP contribution in [-0.2, 0) is 22.4 Å². The summed E-state index contributed by atoms with van der Waals surface area (Å²) in [6.07, 6.45) is 2.03. The van der Waals surface area contributed by atoms with Gasteiger partial charge >= 0.3 is 0 Å². The standard InChI is InChI=1S/C24H33N3O3/c1-16-13-19(28)14-17(2)20(16)15-21(25)22(29)27-24(3,4)23(30)26-12-8-11-18-9-6-5-7-10-18/h5-7,9-10,13-14,21,28H,8,11-12,15,25H2,1-4H3,(H,26,30)(H,27,29)/t21-/m1/s1. The van der Waals surface area contributed by atoms with Gasteiger partial charge in [-0.15, -0.1) is 0 Å². The molecule has 0 saturated heterocycles. The van der Waals surface area contributed by atoms with Gasteiger partial charge in [0.1, 0.15) is 11.3 Å². The fraction of sp³-hybridized carbons (Fsp3) is 0.417. The van der Waals surface area contributed by atoms with Crippen molar-refractivity contribution in [1.29, 1.82) is 0 Å². The summed E-state index contributed by atoms with van der Waals surface area (Å²) in [5.41, 5.74) is 8.96. The fourth-order valence-electron chi connectivity index (χ4n) is 3.42. The molecule has 2 aromatic carbocycles. The van der Waals surface area contributed by atoms with E-state index in [0.717, 1.165) is 29.5 Å². The topological polar surface area (TPSA) is 104 Å². The minimum Gasteiger partial charge on any atom is -0.508 e. The van der Waals surface area contributed by atoms with Gasteiger partial charge in [-0.1, -0.05) is 30.3 Å². The van der Waals surface area contributed by atoms with E-state index in [9.17, 15) is 14.7 Å². The number of benzene rings is 2. The second-order valence-corrected chi connectivity index (χ2v) is 8.33. The Hall–Kier alpha value is -2.86. The number of carbonyl (C=O) groups is 2. The van der Waals surface area contributed by atoms with E-state index in [1.165, 1.54) is 5.56 Å². The summed E-state index contributed by atoms with van der Waals surface area (Å²) in [5.74, 6) is -0.434. The van der Waals surface area contributed by atoms with E-state index >= 15 is 0 Å². The highest BCUT2D eigenvalue weighted by Gasteiger charge is 2.31. The summed E-state index contributed by atoms with van der Waals surface area (Å²) in [6.45, 7) is 7.62. The molecule has 0 aliphatic heterocycles. The van der Waals surface area contributed by atoms with Crippen LogP contribution in [0.4, 0.5) is 0 Å². The predicted molar refractivity (Wildman–Crippen MR) is 119 cm³/mol. The van der Waals surface area contributed by atoms with Gasteiger partial charge in [-0.3, -0.25) is 9.59 Å². The predicted octanol–water partition coefficient (Wildman–Crippen LogP) is 2.52. The Bertz CT molecular complexity index is 856. The van der Waals surface area contributed by atoms with Gasteiger partial charge in [-0.05, 0) is 81.3 Å². The van der Waals surface area contributed by atoms with Crippen LogP contribution in [0.3, 0.4) is 0 Å². The second-order valence-electron chi connectivity index (χ2n) is 8.33. The molecule has 0 aliphatic carbocycles. The normalized spacial score (nSPS) is 12.3. The first kappa shape index (κ1) is 23.4. The fourth-order valence-corrected chi connectivity index (χ4v) is 3.42. The second kappa shape index (κ2) is 10.3. The van der Waals surface area contributed by atoms with Crippen molar-refractivity contribution >= 4 is 11.8 Å². The van der Waals surface area contributed by atoms with Crippen molar-refractivity contribution in [3.63, 3.8) is 0 Å². The van der Waals surface area contributed by atoms with Gasteiger partial charge in [0.05, 0.1) is 6.04 Å². The van der Waals surface area contributed by atoms with Crippen LogP contribution >= 0.6 is 0 Å². The molecule has 0 aliphatic rings. The van der Waals surface area contributed by atoms with E-state index < -0.39 is 11.6 Å². The highest BCUT2D eigenvalue weighted by atomic mass is 16.3. The molecule has 2 aromatic rings. The Kier molecular flexibility index (Phi) is 8.00. The largest absolute Gasteiger partial charge is 0.508 e. The number of phenols is 1. The molecule has 2 rings (SSSR count). The molecule has 0 radical (unpaired) electrons. The zero-order valence-electron chi connectivity index (χ0n) is 18.3. The highest BCUT2D eigenvalue weighted by molar-refractivity contribution is 5.92. The molecule has 30 heavy (non-hydrogen) atoms. The number of hydrogen-bond acceptors (Lipinski definition) is 4. The third kappa shape index (κ3) is 6.59. The zero-order chi connectivity index (χ0) is 22.3. The number of carbonyl (C=O) groups excluding carboxylic acids is 2. The van der Waals surface area contributed by atoms with Crippen molar-refractivity contribution in [2.75, 3.05) is 6.54 Å². The number of nitrogens with one attached hydrogen (secondary N) is 2. The molecule has 162 valence electrons. The van der Waals surface area contributed by atoms with E-state index in [0.29, 0.717) is 13.0 Å². The molecule has 0 fully saturated rings. The van der Waals surface area contributed by atoms with E-state index in [-0.39, 0.29) is 17.6 Å². The quantitative estimate of drug-likeness (QED) is 0.476. The lowest BCUT2D eigenvalue weighted by Gasteiger charge is -2.27. The van der Waals surface area contributed by atoms with Crippen molar-refractivity contribution in [2.45, 2.75) is 58.5 Å². The van der Waals surface area contributed by atoms with Crippen molar-refractivity contribution in [3.8, 4) is 5.75 Å². The molecule has 6 nitrogen and oxygen atoms in total. The zero-order valence-corrected chi connectivity index (χ0v) is 18.3. The Morgan fingerprint density at radius 1 is 1.10 bits per heavy atom. The maximum absolute atomic E-state index is 12.6. The summed E-state index contributed by atoms with van der Waals surface area (Å²) in [6, 6.07) is 12.6. The third-order valence-corrected chi connectivity index (χ3v) is 5.22. The maximum atomic E-state index is 12.6. The molecule has 6 heteroatoms. The number of aromatic hydroxyl groups is 1. The van der Waals surface area contributed by atoms with Crippen LogP contribution < -0.4 is 16.4 Å². The Labute approximate surface area is 178 Å². The lowest BCUT2D eigenvalue weighted by Crippen LogP contribution is -2.58. The molecule has 0 unspecified atom stereocenters. The van der Waals surface area contributed by atoms with Gasteiger partial charge < -0.3 is 21.5 Å². The number of rotatable bonds is 9. The third-order valence-electron chi connectivity index (χ3n) is 5.22. The summed E-state index contributed by atoms with van der Waals surface area (Å²) in [7, 11) is 0. The van der Waals surface area contributed by atoms with Gasteiger partial charge in [0.15, 0.2) is 0 Å². The monoisotopic (exact) mass is 411 g/mol. The molecule has 0 heterocycles. The highest BCUT2D eigenvalue weighted by Crippen LogP contribution is 2.22. The van der Waals surface area contributed by atoms with Gasteiger partial charge in [0.2, 0.25) is 11.8 Å². The molecule has 0 aromatic heterocycles. The van der Waals surface area contributed by atoms with Crippen molar-refractivity contribution in [2.24, 2.45) is 5.73 Å². The van der Waals surface area contributed by atoms with E-state index in [4.69, 9.17) is 5.73 Å². The first-order chi connectivity index (χ1) is 14.1. The minimum absolute atomic E-state index is 0.192.